The van der Waals surface area contributed by atoms with Crippen molar-refractivity contribution in [3.8, 4) is 22.8 Å². The minimum atomic E-state index is -0.714. The van der Waals surface area contributed by atoms with Gasteiger partial charge >= 0.3 is 5.69 Å². The van der Waals surface area contributed by atoms with Crippen molar-refractivity contribution in [1.29, 1.82) is 0 Å². The van der Waals surface area contributed by atoms with Crippen LogP contribution in [0.1, 0.15) is 32.3 Å². The number of nitrogens with zero attached hydrogens (tertiary/aromatic N) is 6. The van der Waals surface area contributed by atoms with Crippen LogP contribution in [-0.4, -0.2) is 61.1 Å². The molecule has 1 aliphatic heterocycles. The number of anilines is 1. The van der Waals surface area contributed by atoms with Gasteiger partial charge in [-0.15, -0.1) is 0 Å². The fourth-order valence-corrected chi connectivity index (χ4v) is 5.33. The third-order valence-corrected chi connectivity index (χ3v) is 7.35. The second kappa shape index (κ2) is 10.7. The standard InChI is InChI=1S/C29H28ClFN6O3/c1-5-23(39)35-12-13-36(17(4)15-35)27-19-14-20(30)25(24-21(31)9-6-10-22(24)38)33-28(19)37(29(40)34-27)26-18(16(2)3)8-7-11-32-26/h5-11,14,16-17,38H,1,12-13,15H2,2-4H3/t17-/m0/s1. The van der Waals surface area contributed by atoms with Crippen LogP contribution in [0.3, 0.4) is 0 Å². The zero-order chi connectivity index (χ0) is 28.7. The van der Waals surface area contributed by atoms with Crippen LogP contribution in [0.15, 0.2) is 60.0 Å². The molecular formula is C29H28ClFN6O3. The molecule has 3 aromatic heterocycles. The molecule has 1 aromatic carbocycles. The molecule has 0 saturated carbocycles. The first-order valence-electron chi connectivity index (χ1n) is 12.9. The predicted molar refractivity (Wildman–Crippen MR) is 153 cm³/mol. The molecule has 5 rings (SSSR count). The number of carbonyl (C=O) groups excluding carboxylic acids is 1. The van der Waals surface area contributed by atoms with Gasteiger partial charge < -0.3 is 14.9 Å². The summed E-state index contributed by atoms with van der Waals surface area (Å²) in [7, 11) is 0. The Morgan fingerprint density at radius 2 is 1.98 bits per heavy atom. The Labute approximate surface area is 235 Å². The topological polar surface area (TPSA) is 104 Å². The van der Waals surface area contributed by atoms with E-state index in [4.69, 9.17) is 11.6 Å². The highest BCUT2D eigenvalue weighted by Crippen LogP contribution is 2.38. The lowest BCUT2D eigenvalue weighted by atomic mass is 10.0. The number of phenolic OH excluding ortho intramolecular Hbond substituents is 1. The summed E-state index contributed by atoms with van der Waals surface area (Å²) in [4.78, 5) is 43.3. The molecule has 0 spiro atoms. The highest BCUT2D eigenvalue weighted by atomic mass is 35.5. The van der Waals surface area contributed by atoms with E-state index in [2.05, 4.69) is 21.5 Å². The summed E-state index contributed by atoms with van der Waals surface area (Å²) in [6, 6.07) is 8.95. The van der Waals surface area contributed by atoms with Crippen LogP contribution >= 0.6 is 11.6 Å². The van der Waals surface area contributed by atoms with Crippen molar-refractivity contribution in [2.24, 2.45) is 0 Å². The van der Waals surface area contributed by atoms with E-state index >= 15 is 0 Å². The summed E-state index contributed by atoms with van der Waals surface area (Å²) >= 11 is 6.68. The molecule has 40 heavy (non-hydrogen) atoms. The maximum Gasteiger partial charge on any atom is 0.357 e. The molecule has 0 bridgehead atoms. The van der Waals surface area contributed by atoms with Gasteiger partial charge in [0.2, 0.25) is 5.91 Å². The average Bonchev–Trinajstić information content (AvgIpc) is 2.92. The Morgan fingerprint density at radius 3 is 2.65 bits per heavy atom. The summed E-state index contributed by atoms with van der Waals surface area (Å²) in [6.45, 7) is 10.7. The third kappa shape index (κ3) is 4.68. The van der Waals surface area contributed by atoms with Crippen LogP contribution in [-0.2, 0) is 4.79 Å². The van der Waals surface area contributed by atoms with Crippen LogP contribution in [0.25, 0.3) is 28.1 Å². The van der Waals surface area contributed by atoms with Crippen molar-refractivity contribution >= 4 is 34.4 Å². The van der Waals surface area contributed by atoms with Gasteiger partial charge in [-0.1, -0.05) is 44.2 Å². The van der Waals surface area contributed by atoms with Crippen LogP contribution < -0.4 is 10.6 Å². The highest BCUT2D eigenvalue weighted by Gasteiger charge is 2.30. The van der Waals surface area contributed by atoms with E-state index < -0.39 is 11.5 Å². The van der Waals surface area contributed by atoms with Crippen molar-refractivity contribution in [3.05, 3.63) is 82.1 Å². The zero-order valence-corrected chi connectivity index (χ0v) is 23.1. The number of rotatable bonds is 5. The number of pyridine rings is 2. The first-order valence-corrected chi connectivity index (χ1v) is 13.2. The second-order valence-corrected chi connectivity index (χ2v) is 10.4. The molecule has 4 aromatic rings. The molecule has 206 valence electrons. The molecule has 1 N–H and O–H groups in total. The molecular weight excluding hydrogens is 535 g/mol. The number of piperazine rings is 1. The third-order valence-electron chi connectivity index (χ3n) is 7.07. The van der Waals surface area contributed by atoms with E-state index in [1.54, 1.807) is 23.2 Å². The van der Waals surface area contributed by atoms with Gasteiger partial charge in [0.25, 0.3) is 0 Å². The van der Waals surface area contributed by atoms with Crippen molar-refractivity contribution in [2.75, 3.05) is 24.5 Å². The minimum absolute atomic E-state index is 0.0169. The molecule has 1 fully saturated rings. The van der Waals surface area contributed by atoms with Crippen LogP contribution in [0.5, 0.6) is 5.75 Å². The average molecular weight is 563 g/mol. The molecule has 0 aliphatic carbocycles. The number of hydrogen-bond donors (Lipinski definition) is 1. The molecule has 1 atom stereocenters. The van der Waals surface area contributed by atoms with Gasteiger partial charge in [-0.05, 0) is 48.7 Å². The fraction of sp³-hybridized carbons (Fsp3) is 0.276. The summed E-state index contributed by atoms with van der Waals surface area (Å²) < 4.78 is 16.2. The Kier molecular flexibility index (Phi) is 7.29. The van der Waals surface area contributed by atoms with E-state index in [0.29, 0.717) is 36.7 Å². The Bertz CT molecular complexity index is 1690. The summed E-state index contributed by atoms with van der Waals surface area (Å²) in [5, 5.41) is 11.0. The van der Waals surface area contributed by atoms with E-state index in [-0.39, 0.29) is 45.5 Å². The SMILES string of the molecule is C=CC(=O)N1CCN(c2nc(=O)n(-c3ncccc3C(C)C)c3nc(-c4c(O)cccc4F)c(Cl)cc23)[C@@H](C)C1. The summed E-state index contributed by atoms with van der Waals surface area (Å²) in [5.41, 5.74) is 0.124. The number of phenols is 1. The molecule has 1 aliphatic rings. The van der Waals surface area contributed by atoms with E-state index in [0.717, 1.165) is 5.56 Å². The molecule has 11 heteroatoms. The van der Waals surface area contributed by atoms with Gasteiger partial charge in [-0.25, -0.2) is 23.7 Å². The lowest BCUT2D eigenvalue weighted by molar-refractivity contribution is -0.126. The molecule has 4 heterocycles. The quantitative estimate of drug-likeness (QED) is 0.352. The number of amides is 1. The van der Waals surface area contributed by atoms with Crippen LogP contribution in [0.4, 0.5) is 10.2 Å². The number of aromatic hydroxyl groups is 1. The minimum Gasteiger partial charge on any atom is -0.507 e. The van der Waals surface area contributed by atoms with Crippen molar-refractivity contribution < 1.29 is 14.3 Å². The van der Waals surface area contributed by atoms with E-state index in [1.807, 2.05) is 31.7 Å². The number of benzene rings is 1. The number of aromatic nitrogens is 4. The molecule has 9 nitrogen and oxygen atoms in total. The molecule has 0 unspecified atom stereocenters. The van der Waals surface area contributed by atoms with Gasteiger partial charge in [-0.2, -0.15) is 4.98 Å². The summed E-state index contributed by atoms with van der Waals surface area (Å²) in [6.07, 6.45) is 2.85. The zero-order valence-electron chi connectivity index (χ0n) is 22.3. The van der Waals surface area contributed by atoms with Gasteiger partial charge in [-0.3, -0.25) is 4.79 Å². The lowest BCUT2D eigenvalue weighted by Crippen LogP contribution is -2.54. The Hall–Kier alpha value is -4.31. The second-order valence-electron chi connectivity index (χ2n) is 9.98. The maximum absolute atomic E-state index is 14.9. The number of carbonyl (C=O) groups is 1. The largest absolute Gasteiger partial charge is 0.507 e. The molecule has 1 saturated heterocycles. The Morgan fingerprint density at radius 1 is 1.20 bits per heavy atom. The Balaban J connectivity index is 1.80. The van der Waals surface area contributed by atoms with E-state index in [9.17, 15) is 19.1 Å². The number of fused-ring (bicyclic) bond motifs is 1. The highest BCUT2D eigenvalue weighted by molar-refractivity contribution is 6.34. The first-order chi connectivity index (χ1) is 19.1. The van der Waals surface area contributed by atoms with Crippen molar-refractivity contribution in [1.82, 2.24) is 24.4 Å². The smallest absolute Gasteiger partial charge is 0.357 e. The molecule has 1 amide bonds. The number of halogens is 2. The summed E-state index contributed by atoms with van der Waals surface area (Å²) in [5.74, 6) is -0.517. The fourth-order valence-electron chi connectivity index (χ4n) is 5.09. The van der Waals surface area contributed by atoms with Crippen molar-refractivity contribution in [2.45, 2.75) is 32.7 Å². The predicted octanol–water partition coefficient (Wildman–Crippen LogP) is 4.69. The van der Waals surface area contributed by atoms with Gasteiger partial charge in [0.05, 0.1) is 21.7 Å². The van der Waals surface area contributed by atoms with Gasteiger partial charge in [0.15, 0.2) is 5.65 Å². The van der Waals surface area contributed by atoms with Crippen molar-refractivity contribution in [3.63, 3.8) is 0 Å². The lowest BCUT2D eigenvalue weighted by Gasteiger charge is -2.40. The molecule has 0 radical (unpaired) electrons. The normalized spacial score (nSPS) is 15.6. The van der Waals surface area contributed by atoms with Crippen LogP contribution in [0, 0.1) is 5.82 Å². The first kappa shape index (κ1) is 27.3. The monoisotopic (exact) mass is 562 g/mol. The van der Waals surface area contributed by atoms with Gasteiger partial charge in [0.1, 0.15) is 23.2 Å². The van der Waals surface area contributed by atoms with E-state index in [1.165, 1.54) is 28.8 Å². The van der Waals surface area contributed by atoms with Crippen LogP contribution in [0.2, 0.25) is 5.02 Å². The van der Waals surface area contributed by atoms with Gasteiger partial charge in [0, 0.05) is 31.9 Å². The number of hydrogen-bond acceptors (Lipinski definition) is 7. The maximum atomic E-state index is 14.9.